The van der Waals surface area contributed by atoms with Gasteiger partial charge in [-0.15, -0.1) is 0 Å². The topological polar surface area (TPSA) is 0 Å². The van der Waals surface area contributed by atoms with Crippen molar-refractivity contribution in [2.24, 2.45) is 10.8 Å². The molecule has 0 atom stereocenters. The lowest BCUT2D eigenvalue weighted by Gasteiger charge is -2.37. The van der Waals surface area contributed by atoms with Gasteiger partial charge in [-0.05, 0) is 55.8 Å². The van der Waals surface area contributed by atoms with Crippen LogP contribution in [0, 0.1) is 10.8 Å². The molecule has 0 heterocycles. The van der Waals surface area contributed by atoms with Crippen LogP contribution < -0.4 is 0 Å². The van der Waals surface area contributed by atoms with Crippen molar-refractivity contribution in [3.05, 3.63) is 0 Å². The standard InChI is InChI=1S/C21H38/c1-2-4-6-9-13-20(14-10-7-5-3-1)17-18-21(19-20)15-11-8-12-16-21/h1-19H2. The summed E-state index contributed by atoms with van der Waals surface area (Å²) in [7, 11) is 0. The highest BCUT2D eigenvalue weighted by Crippen LogP contribution is 2.59. The molecule has 0 nitrogen and oxygen atoms in total. The van der Waals surface area contributed by atoms with E-state index in [-0.39, 0.29) is 0 Å². The van der Waals surface area contributed by atoms with Crippen molar-refractivity contribution in [3.63, 3.8) is 0 Å². The van der Waals surface area contributed by atoms with E-state index in [4.69, 9.17) is 0 Å². The fraction of sp³-hybridized carbons (Fsp3) is 1.00. The zero-order chi connectivity index (χ0) is 14.4. The smallest absolute Gasteiger partial charge is 0.0292 e. The van der Waals surface area contributed by atoms with Gasteiger partial charge < -0.3 is 0 Å². The average Bonchev–Trinajstić information content (AvgIpc) is 2.83. The molecule has 0 amide bonds. The van der Waals surface area contributed by atoms with Gasteiger partial charge in [0.2, 0.25) is 0 Å². The van der Waals surface area contributed by atoms with Crippen LogP contribution in [0.25, 0.3) is 0 Å². The molecule has 3 fully saturated rings. The lowest BCUT2D eigenvalue weighted by atomic mass is 9.68. The Balaban J connectivity index is 1.59. The van der Waals surface area contributed by atoms with Crippen molar-refractivity contribution < 1.29 is 0 Å². The van der Waals surface area contributed by atoms with Gasteiger partial charge >= 0.3 is 0 Å². The van der Waals surface area contributed by atoms with E-state index >= 15 is 0 Å². The second-order valence-electron chi connectivity index (χ2n) is 8.92. The molecule has 0 aromatic heterocycles. The summed E-state index contributed by atoms with van der Waals surface area (Å²) in [6.45, 7) is 0. The van der Waals surface area contributed by atoms with Crippen LogP contribution in [0.1, 0.15) is 122 Å². The minimum Gasteiger partial charge on any atom is -0.0533 e. The number of hydrogen-bond acceptors (Lipinski definition) is 0. The molecule has 0 aromatic carbocycles. The molecule has 0 bridgehead atoms. The van der Waals surface area contributed by atoms with Gasteiger partial charge in [-0.25, -0.2) is 0 Å². The zero-order valence-electron chi connectivity index (χ0n) is 14.4. The van der Waals surface area contributed by atoms with Crippen LogP contribution in [0.2, 0.25) is 0 Å². The van der Waals surface area contributed by atoms with Crippen LogP contribution in [-0.2, 0) is 0 Å². The third kappa shape index (κ3) is 4.26. The van der Waals surface area contributed by atoms with Crippen LogP contribution in [-0.4, -0.2) is 0 Å². The van der Waals surface area contributed by atoms with E-state index in [1.807, 2.05) is 0 Å². The third-order valence-corrected chi connectivity index (χ3v) is 7.26. The Hall–Kier alpha value is 0. The van der Waals surface area contributed by atoms with E-state index in [0.29, 0.717) is 0 Å². The predicted octanol–water partition coefficient (Wildman–Crippen LogP) is 7.41. The Morgan fingerprint density at radius 3 is 0.952 bits per heavy atom. The maximum Gasteiger partial charge on any atom is -0.0292 e. The van der Waals surface area contributed by atoms with Crippen LogP contribution in [0.4, 0.5) is 0 Å². The molecule has 0 N–H and O–H groups in total. The van der Waals surface area contributed by atoms with E-state index in [2.05, 4.69) is 0 Å². The van der Waals surface area contributed by atoms with Gasteiger partial charge in [0.25, 0.3) is 0 Å². The minimum absolute atomic E-state index is 0.788. The Kier molecular flexibility index (Phi) is 5.68. The Morgan fingerprint density at radius 1 is 0.286 bits per heavy atom. The first-order valence-corrected chi connectivity index (χ1v) is 10.3. The van der Waals surface area contributed by atoms with E-state index in [1.54, 1.807) is 44.9 Å². The molecule has 0 aromatic rings. The van der Waals surface area contributed by atoms with Crippen molar-refractivity contribution in [1.82, 2.24) is 0 Å². The van der Waals surface area contributed by atoms with Gasteiger partial charge in [0.1, 0.15) is 0 Å². The average molecular weight is 291 g/mol. The Labute approximate surface area is 133 Å². The first-order valence-electron chi connectivity index (χ1n) is 10.3. The maximum atomic E-state index is 1.62. The van der Waals surface area contributed by atoms with E-state index in [9.17, 15) is 0 Å². The highest BCUT2D eigenvalue weighted by Gasteiger charge is 2.47. The summed E-state index contributed by atoms with van der Waals surface area (Å²) >= 11 is 0. The molecule has 3 saturated carbocycles. The van der Waals surface area contributed by atoms with Crippen LogP contribution in [0.15, 0.2) is 0 Å². The summed E-state index contributed by atoms with van der Waals surface area (Å²) in [5.41, 5.74) is 1.60. The second-order valence-corrected chi connectivity index (χ2v) is 8.92. The highest BCUT2D eigenvalue weighted by molar-refractivity contribution is 4.98. The summed E-state index contributed by atoms with van der Waals surface area (Å²) in [5.74, 6) is 0. The quantitative estimate of drug-likeness (QED) is 0.435. The largest absolute Gasteiger partial charge is 0.0533 e. The molecular weight excluding hydrogens is 252 g/mol. The lowest BCUT2D eigenvalue weighted by Crippen LogP contribution is -2.25. The zero-order valence-corrected chi connectivity index (χ0v) is 14.4. The first-order chi connectivity index (χ1) is 10.3. The van der Waals surface area contributed by atoms with Crippen LogP contribution in [0.3, 0.4) is 0 Å². The van der Waals surface area contributed by atoms with Gasteiger partial charge in [-0.3, -0.25) is 0 Å². The molecule has 0 radical (unpaired) electrons. The molecule has 3 rings (SSSR count). The van der Waals surface area contributed by atoms with E-state index < -0.39 is 0 Å². The monoisotopic (exact) mass is 290 g/mol. The number of rotatable bonds is 0. The van der Waals surface area contributed by atoms with Gasteiger partial charge in [-0.1, -0.05) is 77.0 Å². The minimum atomic E-state index is 0.788. The van der Waals surface area contributed by atoms with Gasteiger partial charge in [-0.2, -0.15) is 0 Å². The van der Waals surface area contributed by atoms with Crippen molar-refractivity contribution in [3.8, 4) is 0 Å². The molecule has 21 heavy (non-hydrogen) atoms. The second kappa shape index (κ2) is 7.51. The van der Waals surface area contributed by atoms with E-state index in [0.717, 1.165) is 10.8 Å². The van der Waals surface area contributed by atoms with Crippen molar-refractivity contribution in [2.45, 2.75) is 122 Å². The fourth-order valence-corrected chi connectivity index (χ4v) is 6.02. The van der Waals surface area contributed by atoms with Gasteiger partial charge in [0, 0.05) is 0 Å². The summed E-state index contributed by atoms with van der Waals surface area (Å²) in [4.78, 5) is 0. The molecule has 3 aliphatic rings. The van der Waals surface area contributed by atoms with Gasteiger partial charge in [0.05, 0.1) is 0 Å². The first kappa shape index (κ1) is 15.9. The molecule has 0 saturated heterocycles. The molecule has 0 heteroatoms. The van der Waals surface area contributed by atoms with Crippen LogP contribution in [0.5, 0.6) is 0 Å². The summed E-state index contributed by atoms with van der Waals surface area (Å²) in [5, 5.41) is 0. The van der Waals surface area contributed by atoms with E-state index in [1.165, 1.54) is 77.0 Å². The third-order valence-electron chi connectivity index (χ3n) is 7.26. The summed E-state index contributed by atoms with van der Waals surface area (Å²) < 4.78 is 0. The lowest BCUT2D eigenvalue weighted by molar-refractivity contribution is 0.144. The van der Waals surface area contributed by atoms with Crippen molar-refractivity contribution in [1.29, 1.82) is 0 Å². The number of hydrogen-bond donors (Lipinski definition) is 0. The molecule has 3 aliphatic carbocycles. The van der Waals surface area contributed by atoms with Crippen LogP contribution >= 0.6 is 0 Å². The summed E-state index contributed by atoms with van der Waals surface area (Å²) in [6.07, 6.45) is 29.4. The maximum absolute atomic E-state index is 1.62. The molecule has 2 spiro atoms. The van der Waals surface area contributed by atoms with Gasteiger partial charge in [0.15, 0.2) is 0 Å². The molecule has 122 valence electrons. The van der Waals surface area contributed by atoms with Crippen molar-refractivity contribution >= 4 is 0 Å². The molecule has 0 unspecified atom stereocenters. The summed E-state index contributed by atoms with van der Waals surface area (Å²) in [6, 6.07) is 0. The molecular formula is C21H38. The van der Waals surface area contributed by atoms with Crippen molar-refractivity contribution in [2.75, 3.05) is 0 Å². The Bertz CT molecular complexity index is 285. The molecule has 0 aliphatic heterocycles. The normalized spacial score (nSPS) is 30.9. The predicted molar refractivity (Wildman–Crippen MR) is 92.6 cm³/mol. The SMILES string of the molecule is C1CCCCCC2(CCCCC1)CCC1(CCCCC1)C2. The Morgan fingerprint density at radius 2 is 0.571 bits per heavy atom. The highest BCUT2D eigenvalue weighted by atomic mass is 14.5. The fourth-order valence-electron chi connectivity index (χ4n) is 6.02.